The fourth-order valence-corrected chi connectivity index (χ4v) is 2.85. The Morgan fingerprint density at radius 2 is 2.35 bits per heavy atom. The van der Waals surface area contributed by atoms with Crippen LogP contribution in [0.25, 0.3) is 0 Å². The molecule has 0 aliphatic carbocycles. The Morgan fingerprint density at radius 1 is 1.53 bits per heavy atom. The zero-order chi connectivity index (χ0) is 12.3. The highest BCUT2D eigenvalue weighted by atomic mass is 79.9. The number of benzene rings is 1. The zero-order valence-electron chi connectivity index (χ0n) is 9.93. The summed E-state index contributed by atoms with van der Waals surface area (Å²) >= 11 is 3.27. The molecule has 0 amide bonds. The monoisotopic (exact) mass is 301 g/mol. The van der Waals surface area contributed by atoms with Gasteiger partial charge >= 0.3 is 0 Å². The third-order valence-corrected chi connectivity index (χ3v) is 3.68. The Hall–Kier alpha value is -0.450. The fourth-order valence-electron chi connectivity index (χ4n) is 2.30. The molecule has 0 saturated carbocycles. The van der Waals surface area contributed by atoms with Gasteiger partial charge < -0.3 is 10.1 Å². The van der Waals surface area contributed by atoms with Crippen molar-refractivity contribution in [2.75, 3.05) is 13.7 Å². The van der Waals surface area contributed by atoms with E-state index in [9.17, 15) is 4.39 Å². The maximum atomic E-state index is 14.0. The summed E-state index contributed by atoms with van der Waals surface area (Å²) < 4.78 is 19.6. The maximum Gasteiger partial charge on any atom is 0.140 e. The third-order valence-electron chi connectivity index (χ3n) is 3.10. The highest BCUT2D eigenvalue weighted by Gasteiger charge is 2.18. The van der Waals surface area contributed by atoms with Crippen LogP contribution in [0.1, 0.15) is 24.0 Å². The van der Waals surface area contributed by atoms with E-state index in [-0.39, 0.29) is 5.82 Å². The van der Waals surface area contributed by atoms with Crippen molar-refractivity contribution >= 4 is 15.9 Å². The smallest absolute Gasteiger partial charge is 0.140 e. The molecule has 1 atom stereocenters. The molecular weight excluding hydrogens is 285 g/mol. The van der Waals surface area contributed by atoms with Gasteiger partial charge in [-0.1, -0.05) is 6.07 Å². The van der Waals surface area contributed by atoms with Crippen LogP contribution in [0.4, 0.5) is 4.39 Å². The van der Waals surface area contributed by atoms with Gasteiger partial charge in [0.2, 0.25) is 0 Å². The minimum atomic E-state index is -0.140. The average molecular weight is 302 g/mol. The minimum Gasteiger partial charge on any atom is -0.380 e. The van der Waals surface area contributed by atoms with Gasteiger partial charge in [-0.15, -0.1) is 0 Å². The molecular formula is C13H17BrFNO. The SMILES string of the molecule is COCc1cc(Br)c(F)c(CC2CCCN2)c1. The van der Waals surface area contributed by atoms with E-state index in [0.29, 0.717) is 17.1 Å². The number of nitrogens with one attached hydrogen (secondary N) is 1. The number of hydrogen-bond acceptors (Lipinski definition) is 2. The van der Waals surface area contributed by atoms with Crippen LogP contribution in [-0.2, 0) is 17.8 Å². The van der Waals surface area contributed by atoms with Crippen LogP contribution in [0, 0.1) is 5.82 Å². The second-order valence-electron chi connectivity index (χ2n) is 4.48. The molecule has 2 nitrogen and oxygen atoms in total. The first-order valence-electron chi connectivity index (χ1n) is 5.90. The van der Waals surface area contributed by atoms with Crippen molar-refractivity contribution < 1.29 is 9.13 Å². The van der Waals surface area contributed by atoms with Gasteiger partial charge in [-0.25, -0.2) is 4.39 Å². The molecule has 1 aliphatic heterocycles. The van der Waals surface area contributed by atoms with Crippen LogP contribution in [0.15, 0.2) is 16.6 Å². The first-order valence-corrected chi connectivity index (χ1v) is 6.69. The van der Waals surface area contributed by atoms with E-state index in [2.05, 4.69) is 21.2 Å². The first kappa shape index (κ1) is 13.0. The van der Waals surface area contributed by atoms with Gasteiger partial charge in [0.25, 0.3) is 0 Å². The van der Waals surface area contributed by atoms with Crippen molar-refractivity contribution in [2.45, 2.75) is 31.9 Å². The molecule has 1 heterocycles. The third kappa shape index (κ3) is 3.27. The summed E-state index contributed by atoms with van der Waals surface area (Å²) in [7, 11) is 1.65. The van der Waals surface area contributed by atoms with E-state index >= 15 is 0 Å². The summed E-state index contributed by atoms with van der Waals surface area (Å²) in [6, 6.07) is 4.10. The first-order chi connectivity index (χ1) is 8.20. The van der Waals surface area contributed by atoms with E-state index in [1.807, 2.05) is 6.07 Å². The van der Waals surface area contributed by atoms with Gasteiger partial charge in [0.15, 0.2) is 0 Å². The van der Waals surface area contributed by atoms with Crippen LogP contribution >= 0.6 is 15.9 Å². The molecule has 0 spiro atoms. The number of hydrogen-bond donors (Lipinski definition) is 1. The average Bonchev–Trinajstić information content (AvgIpc) is 2.78. The lowest BCUT2D eigenvalue weighted by Gasteiger charge is -2.13. The number of rotatable bonds is 4. The van der Waals surface area contributed by atoms with E-state index < -0.39 is 0 Å². The van der Waals surface area contributed by atoms with Gasteiger partial charge in [0, 0.05) is 13.2 Å². The quantitative estimate of drug-likeness (QED) is 0.923. The van der Waals surface area contributed by atoms with Crippen molar-refractivity contribution in [3.63, 3.8) is 0 Å². The fraction of sp³-hybridized carbons (Fsp3) is 0.538. The Balaban J connectivity index is 2.18. The second kappa shape index (κ2) is 5.94. The minimum absolute atomic E-state index is 0.140. The number of halogens is 2. The van der Waals surface area contributed by atoms with Crippen LogP contribution in [-0.4, -0.2) is 19.7 Å². The molecule has 0 aromatic heterocycles. The molecule has 1 unspecified atom stereocenters. The molecule has 1 aromatic rings. The molecule has 1 aliphatic rings. The van der Waals surface area contributed by atoms with Gasteiger partial charge in [0.1, 0.15) is 5.82 Å². The molecule has 1 aromatic carbocycles. The van der Waals surface area contributed by atoms with Gasteiger partial charge in [-0.05, 0) is 58.9 Å². The van der Waals surface area contributed by atoms with Crippen molar-refractivity contribution in [1.29, 1.82) is 0 Å². The van der Waals surface area contributed by atoms with Crippen molar-refractivity contribution in [2.24, 2.45) is 0 Å². The van der Waals surface area contributed by atoms with E-state index in [0.717, 1.165) is 30.5 Å². The van der Waals surface area contributed by atoms with E-state index in [4.69, 9.17) is 4.74 Å². The van der Waals surface area contributed by atoms with Gasteiger partial charge in [0.05, 0.1) is 11.1 Å². The second-order valence-corrected chi connectivity index (χ2v) is 5.34. The largest absolute Gasteiger partial charge is 0.380 e. The van der Waals surface area contributed by atoms with Crippen LogP contribution < -0.4 is 5.32 Å². The zero-order valence-corrected chi connectivity index (χ0v) is 11.5. The highest BCUT2D eigenvalue weighted by molar-refractivity contribution is 9.10. The Labute approximate surface area is 110 Å². The van der Waals surface area contributed by atoms with Crippen LogP contribution in [0.3, 0.4) is 0 Å². The summed E-state index contributed by atoms with van der Waals surface area (Å²) in [5, 5.41) is 3.39. The molecule has 1 saturated heterocycles. The van der Waals surface area contributed by atoms with Crippen molar-refractivity contribution in [3.05, 3.63) is 33.5 Å². The van der Waals surface area contributed by atoms with Crippen LogP contribution in [0.2, 0.25) is 0 Å². The summed E-state index contributed by atoms with van der Waals surface area (Å²) in [5.74, 6) is -0.140. The van der Waals surface area contributed by atoms with Crippen molar-refractivity contribution in [1.82, 2.24) is 5.32 Å². The predicted molar refractivity (Wildman–Crippen MR) is 69.5 cm³/mol. The molecule has 94 valence electrons. The lowest BCUT2D eigenvalue weighted by molar-refractivity contribution is 0.184. The molecule has 4 heteroatoms. The van der Waals surface area contributed by atoms with Gasteiger partial charge in [-0.2, -0.15) is 0 Å². The Kier molecular flexibility index (Phi) is 4.54. The number of ether oxygens (including phenoxy) is 1. The molecule has 0 radical (unpaired) electrons. The highest BCUT2D eigenvalue weighted by Crippen LogP contribution is 2.24. The molecule has 17 heavy (non-hydrogen) atoms. The summed E-state index contributed by atoms with van der Waals surface area (Å²) in [4.78, 5) is 0. The molecule has 2 rings (SSSR count). The summed E-state index contributed by atoms with van der Waals surface area (Å²) in [6.45, 7) is 1.56. The number of methoxy groups -OCH3 is 1. The van der Waals surface area contributed by atoms with E-state index in [1.54, 1.807) is 13.2 Å². The van der Waals surface area contributed by atoms with Crippen LogP contribution in [0.5, 0.6) is 0 Å². The summed E-state index contributed by atoms with van der Waals surface area (Å²) in [5.41, 5.74) is 1.78. The normalized spacial score (nSPS) is 19.8. The maximum absolute atomic E-state index is 14.0. The molecule has 1 fully saturated rings. The van der Waals surface area contributed by atoms with Gasteiger partial charge in [-0.3, -0.25) is 0 Å². The van der Waals surface area contributed by atoms with E-state index in [1.165, 1.54) is 6.42 Å². The van der Waals surface area contributed by atoms with Crippen molar-refractivity contribution in [3.8, 4) is 0 Å². The lowest BCUT2D eigenvalue weighted by Crippen LogP contribution is -2.24. The lowest BCUT2D eigenvalue weighted by atomic mass is 10.0. The topological polar surface area (TPSA) is 21.3 Å². The Morgan fingerprint density at radius 3 is 3.00 bits per heavy atom. The standard InChI is InChI=1S/C13H17BrFNO/c1-17-8-9-5-10(13(15)12(14)6-9)7-11-3-2-4-16-11/h5-6,11,16H,2-4,7-8H2,1H3. The molecule has 0 bridgehead atoms. The Bertz CT molecular complexity index is 391. The summed E-state index contributed by atoms with van der Waals surface area (Å²) in [6.07, 6.45) is 3.07. The predicted octanol–water partition coefficient (Wildman–Crippen LogP) is 3.03. The molecule has 1 N–H and O–H groups in total.